The molecule has 0 aliphatic rings. The van der Waals surface area contributed by atoms with Gasteiger partial charge in [0.15, 0.2) is 0 Å². The van der Waals surface area contributed by atoms with Gasteiger partial charge in [0.05, 0.1) is 12.1 Å². The number of hydrogen-bond donors (Lipinski definition) is 2. The van der Waals surface area contributed by atoms with Crippen LogP contribution in [0.25, 0.3) is 5.69 Å². The van der Waals surface area contributed by atoms with E-state index < -0.39 is 11.5 Å². The Morgan fingerprint density at radius 2 is 2.10 bits per heavy atom. The largest absolute Gasteiger partial charge is 0.506 e. The zero-order valence-electron chi connectivity index (χ0n) is 10.3. The Kier molecular flexibility index (Phi) is 4.05. The van der Waals surface area contributed by atoms with Crippen molar-refractivity contribution >= 4 is 17.6 Å². The average molecular weight is 295 g/mol. The lowest BCUT2D eigenvalue weighted by atomic mass is 10.2. The van der Waals surface area contributed by atoms with E-state index in [9.17, 15) is 14.7 Å². The molecule has 104 valence electrons. The number of carbonyl (C=O) groups is 1. The lowest BCUT2D eigenvalue weighted by Gasteiger charge is -2.08. The maximum absolute atomic E-state index is 11.8. The van der Waals surface area contributed by atoms with Crippen molar-refractivity contribution in [2.75, 3.05) is 0 Å². The molecule has 0 fully saturated rings. The first-order chi connectivity index (χ1) is 9.47. The van der Waals surface area contributed by atoms with Crippen molar-refractivity contribution in [2.24, 2.45) is 0 Å². The molecule has 0 unspecified atom stereocenters. The van der Waals surface area contributed by atoms with E-state index in [1.165, 1.54) is 0 Å². The number of carboxylic acids is 1. The summed E-state index contributed by atoms with van der Waals surface area (Å²) in [6.45, 7) is 0. The fourth-order valence-corrected chi connectivity index (χ4v) is 1.86. The number of halogens is 1. The predicted octanol–water partition coefficient (Wildman–Crippen LogP) is 1.61. The number of carboxylic acid groups (broad SMARTS) is 1. The fourth-order valence-electron chi connectivity index (χ4n) is 1.68. The van der Waals surface area contributed by atoms with Crippen LogP contribution in [-0.4, -0.2) is 26.0 Å². The van der Waals surface area contributed by atoms with Crippen molar-refractivity contribution in [3.05, 3.63) is 51.4 Å². The van der Waals surface area contributed by atoms with Gasteiger partial charge in [0.2, 0.25) is 0 Å². The molecule has 2 rings (SSSR count). The summed E-state index contributed by atoms with van der Waals surface area (Å²) in [5.41, 5.74) is 0.0647. The van der Waals surface area contributed by atoms with Gasteiger partial charge >= 0.3 is 5.97 Å². The molecule has 0 radical (unpaired) electrons. The highest BCUT2D eigenvalue weighted by molar-refractivity contribution is 6.30. The molecule has 6 nitrogen and oxygen atoms in total. The number of nitrogens with zero attached hydrogens (tertiary/aromatic N) is 2. The lowest BCUT2D eigenvalue weighted by molar-refractivity contribution is -0.136. The van der Waals surface area contributed by atoms with Gasteiger partial charge in [-0.25, -0.2) is 0 Å². The standard InChI is InChI=1S/C13H11ClN2O4/c14-8-2-1-3-9(6-8)16-12(18)7-11(17)10(15-16)4-5-13(19)20/h1-3,6-7,17H,4-5H2,(H,19,20). The zero-order chi connectivity index (χ0) is 14.7. The minimum atomic E-state index is -1.01. The summed E-state index contributed by atoms with van der Waals surface area (Å²) >= 11 is 5.85. The second-order valence-corrected chi connectivity index (χ2v) is 4.54. The summed E-state index contributed by atoms with van der Waals surface area (Å²) in [7, 11) is 0. The van der Waals surface area contributed by atoms with Crippen LogP contribution >= 0.6 is 11.6 Å². The van der Waals surface area contributed by atoms with Crippen LogP contribution in [0, 0.1) is 0 Å². The van der Waals surface area contributed by atoms with Crippen LogP contribution in [0.2, 0.25) is 5.02 Å². The molecule has 0 atom stereocenters. The third-order valence-electron chi connectivity index (χ3n) is 2.61. The summed E-state index contributed by atoms with van der Waals surface area (Å²) < 4.78 is 1.07. The van der Waals surface area contributed by atoms with E-state index >= 15 is 0 Å². The number of aromatic nitrogens is 2. The van der Waals surface area contributed by atoms with Crippen molar-refractivity contribution in [3.63, 3.8) is 0 Å². The number of benzene rings is 1. The van der Waals surface area contributed by atoms with Gasteiger partial charge in [-0.3, -0.25) is 9.59 Å². The maximum Gasteiger partial charge on any atom is 0.303 e. The van der Waals surface area contributed by atoms with Gasteiger partial charge in [0.25, 0.3) is 5.56 Å². The lowest BCUT2D eigenvalue weighted by Crippen LogP contribution is -2.21. The van der Waals surface area contributed by atoms with E-state index in [1.54, 1.807) is 24.3 Å². The molecule has 20 heavy (non-hydrogen) atoms. The van der Waals surface area contributed by atoms with Crippen molar-refractivity contribution < 1.29 is 15.0 Å². The van der Waals surface area contributed by atoms with Gasteiger partial charge in [0.1, 0.15) is 11.4 Å². The van der Waals surface area contributed by atoms with E-state index in [2.05, 4.69) is 5.10 Å². The summed E-state index contributed by atoms with van der Waals surface area (Å²) in [6, 6.07) is 7.51. The second kappa shape index (κ2) is 5.75. The fraction of sp³-hybridized carbons (Fsp3) is 0.154. The molecular formula is C13H11ClN2O4. The molecule has 0 bridgehead atoms. The van der Waals surface area contributed by atoms with Gasteiger partial charge in [-0.1, -0.05) is 17.7 Å². The van der Waals surface area contributed by atoms with E-state index in [1.807, 2.05) is 0 Å². The maximum atomic E-state index is 11.8. The molecule has 0 spiro atoms. The molecule has 0 amide bonds. The molecule has 7 heteroatoms. The van der Waals surface area contributed by atoms with Crippen LogP contribution in [0.4, 0.5) is 0 Å². The Bertz CT molecular complexity index is 712. The molecule has 0 saturated carbocycles. The van der Waals surface area contributed by atoms with Crippen molar-refractivity contribution in [3.8, 4) is 11.4 Å². The van der Waals surface area contributed by atoms with Crippen LogP contribution in [0.3, 0.4) is 0 Å². The Morgan fingerprint density at radius 3 is 2.75 bits per heavy atom. The normalized spacial score (nSPS) is 10.4. The van der Waals surface area contributed by atoms with E-state index in [-0.39, 0.29) is 24.3 Å². The number of aliphatic carboxylic acids is 1. The second-order valence-electron chi connectivity index (χ2n) is 4.10. The first-order valence-corrected chi connectivity index (χ1v) is 6.15. The number of aromatic hydroxyl groups is 1. The molecule has 0 saturated heterocycles. The van der Waals surface area contributed by atoms with Crippen molar-refractivity contribution in [1.82, 2.24) is 9.78 Å². The first kappa shape index (κ1) is 14.1. The topological polar surface area (TPSA) is 92.4 Å². The van der Waals surface area contributed by atoms with Gasteiger partial charge in [0, 0.05) is 17.5 Å². The van der Waals surface area contributed by atoms with Gasteiger partial charge in [-0.2, -0.15) is 9.78 Å². The minimum absolute atomic E-state index is 0.0298. The van der Waals surface area contributed by atoms with Crippen LogP contribution in [0.5, 0.6) is 5.75 Å². The van der Waals surface area contributed by atoms with Crippen molar-refractivity contribution in [1.29, 1.82) is 0 Å². The van der Waals surface area contributed by atoms with Gasteiger partial charge in [-0.15, -0.1) is 0 Å². The molecule has 1 aromatic heterocycles. The van der Waals surface area contributed by atoms with Crippen molar-refractivity contribution in [2.45, 2.75) is 12.8 Å². The van der Waals surface area contributed by atoms with Crippen LogP contribution in [0.15, 0.2) is 35.1 Å². The Hall–Kier alpha value is -2.34. The highest BCUT2D eigenvalue weighted by Gasteiger charge is 2.11. The number of hydrogen-bond acceptors (Lipinski definition) is 4. The molecule has 0 aliphatic heterocycles. The van der Waals surface area contributed by atoms with Crippen LogP contribution in [0.1, 0.15) is 12.1 Å². The van der Waals surface area contributed by atoms with Crippen LogP contribution < -0.4 is 5.56 Å². The summed E-state index contributed by atoms with van der Waals surface area (Å²) in [5, 5.41) is 22.7. The summed E-state index contributed by atoms with van der Waals surface area (Å²) in [4.78, 5) is 22.4. The Labute approximate surface area is 118 Å². The quantitative estimate of drug-likeness (QED) is 0.893. The van der Waals surface area contributed by atoms with Gasteiger partial charge in [-0.05, 0) is 18.2 Å². The predicted molar refractivity (Wildman–Crippen MR) is 72.5 cm³/mol. The number of rotatable bonds is 4. The Morgan fingerprint density at radius 1 is 1.35 bits per heavy atom. The molecule has 2 N–H and O–H groups in total. The third-order valence-corrected chi connectivity index (χ3v) is 2.85. The number of aryl methyl sites for hydroxylation is 1. The van der Waals surface area contributed by atoms with E-state index in [0.717, 1.165) is 10.7 Å². The van der Waals surface area contributed by atoms with Crippen LogP contribution in [-0.2, 0) is 11.2 Å². The van der Waals surface area contributed by atoms with E-state index in [4.69, 9.17) is 16.7 Å². The Balaban J connectivity index is 2.46. The van der Waals surface area contributed by atoms with E-state index in [0.29, 0.717) is 10.7 Å². The molecule has 0 aliphatic carbocycles. The summed E-state index contributed by atoms with van der Waals surface area (Å²) in [6.07, 6.45) is -0.156. The van der Waals surface area contributed by atoms with Gasteiger partial charge < -0.3 is 10.2 Å². The molecular weight excluding hydrogens is 284 g/mol. The monoisotopic (exact) mass is 294 g/mol. The first-order valence-electron chi connectivity index (χ1n) is 5.77. The molecule has 1 heterocycles. The molecule has 1 aromatic carbocycles. The highest BCUT2D eigenvalue weighted by Crippen LogP contribution is 2.16. The third kappa shape index (κ3) is 3.16. The zero-order valence-corrected chi connectivity index (χ0v) is 11.0. The summed E-state index contributed by atoms with van der Waals surface area (Å²) in [5.74, 6) is -1.32. The molecule has 2 aromatic rings. The smallest absolute Gasteiger partial charge is 0.303 e. The SMILES string of the molecule is O=C(O)CCc1nn(-c2cccc(Cl)c2)c(=O)cc1O. The average Bonchev–Trinajstić information content (AvgIpc) is 2.37. The highest BCUT2D eigenvalue weighted by atomic mass is 35.5. The minimum Gasteiger partial charge on any atom is -0.506 e.